The summed E-state index contributed by atoms with van der Waals surface area (Å²) in [5, 5.41) is 3.19. The first-order chi connectivity index (χ1) is 7.79. The lowest BCUT2D eigenvalue weighted by Crippen LogP contribution is -2.19. The molecule has 0 saturated carbocycles. The van der Waals surface area contributed by atoms with Crippen molar-refractivity contribution < 1.29 is 4.74 Å². The molecule has 0 atom stereocenters. The zero-order valence-corrected chi connectivity index (χ0v) is 9.71. The third-order valence-electron chi connectivity index (χ3n) is 2.50. The van der Waals surface area contributed by atoms with Gasteiger partial charge in [0.05, 0.1) is 17.8 Å². The summed E-state index contributed by atoms with van der Waals surface area (Å²) in [6.07, 6.45) is 0.997. The van der Waals surface area contributed by atoms with E-state index in [0.717, 1.165) is 29.8 Å². The van der Waals surface area contributed by atoms with Gasteiger partial charge in [-0.05, 0) is 31.0 Å². The Morgan fingerprint density at radius 2 is 2.31 bits per heavy atom. The summed E-state index contributed by atoms with van der Waals surface area (Å²) in [7, 11) is 1.69. The molecule has 2 N–H and O–H groups in total. The Hall–Kier alpha value is -1.39. The maximum atomic E-state index is 4.93. The lowest BCUT2D eigenvalue weighted by atomic mass is 10.1. The predicted octanol–water partition coefficient (Wildman–Crippen LogP) is 1.61. The Morgan fingerprint density at radius 1 is 1.44 bits per heavy atom. The minimum Gasteiger partial charge on any atom is -0.370 e. The molecule has 0 radical (unpaired) electrons. The van der Waals surface area contributed by atoms with E-state index < -0.39 is 0 Å². The summed E-state index contributed by atoms with van der Waals surface area (Å²) in [6.45, 7) is 3.50. The van der Waals surface area contributed by atoms with Gasteiger partial charge in [0, 0.05) is 13.7 Å². The second kappa shape index (κ2) is 5.09. The van der Waals surface area contributed by atoms with E-state index in [1.54, 1.807) is 7.11 Å². The van der Waals surface area contributed by atoms with Crippen molar-refractivity contribution in [2.75, 3.05) is 20.4 Å². The quantitative estimate of drug-likeness (QED) is 0.593. The molecular weight excluding hydrogens is 202 g/mol. The molecule has 16 heavy (non-hydrogen) atoms. The number of aromatic nitrogens is 2. The Balaban J connectivity index is 2.02. The number of fused-ring (bicyclic) bond motifs is 1. The fourth-order valence-corrected chi connectivity index (χ4v) is 1.75. The average Bonchev–Trinajstić information content (AvgIpc) is 2.64. The van der Waals surface area contributed by atoms with Crippen molar-refractivity contribution in [3.63, 3.8) is 0 Å². The van der Waals surface area contributed by atoms with Crippen LogP contribution >= 0.6 is 0 Å². The van der Waals surface area contributed by atoms with E-state index in [9.17, 15) is 0 Å². The van der Waals surface area contributed by atoms with Crippen molar-refractivity contribution in [3.05, 3.63) is 29.6 Å². The van der Waals surface area contributed by atoms with Crippen molar-refractivity contribution in [1.82, 2.24) is 15.3 Å². The van der Waals surface area contributed by atoms with Crippen LogP contribution in [0.4, 0.5) is 0 Å². The van der Waals surface area contributed by atoms with Gasteiger partial charge in [-0.1, -0.05) is 6.07 Å². The molecule has 1 heterocycles. The fourth-order valence-electron chi connectivity index (χ4n) is 1.75. The van der Waals surface area contributed by atoms with Gasteiger partial charge in [-0.15, -0.1) is 0 Å². The molecule has 0 amide bonds. The summed E-state index contributed by atoms with van der Waals surface area (Å²) >= 11 is 0. The van der Waals surface area contributed by atoms with Gasteiger partial charge in [0.2, 0.25) is 0 Å². The van der Waals surface area contributed by atoms with E-state index in [1.807, 2.05) is 6.92 Å². The van der Waals surface area contributed by atoms with E-state index >= 15 is 0 Å². The zero-order chi connectivity index (χ0) is 11.4. The molecule has 0 bridgehead atoms. The number of hydrogen-bond acceptors (Lipinski definition) is 3. The molecule has 1 aromatic carbocycles. The molecule has 2 rings (SSSR count). The van der Waals surface area contributed by atoms with Crippen molar-refractivity contribution >= 4 is 11.0 Å². The first kappa shape index (κ1) is 11.1. The molecule has 0 aliphatic carbocycles. The molecule has 4 nitrogen and oxygen atoms in total. The smallest absolute Gasteiger partial charge is 0.104 e. The van der Waals surface area contributed by atoms with Crippen molar-refractivity contribution in [2.24, 2.45) is 0 Å². The topological polar surface area (TPSA) is 49.9 Å². The van der Waals surface area contributed by atoms with Crippen molar-refractivity contribution in [3.8, 4) is 0 Å². The highest BCUT2D eigenvalue weighted by molar-refractivity contribution is 5.75. The number of ether oxygens (including phenoxy) is 1. The average molecular weight is 219 g/mol. The van der Waals surface area contributed by atoms with Crippen LogP contribution in [-0.2, 0) is 11.2 Å². The predicted molar refractivity (Wildman–Crippen MR) is 64.4 cm³/mol. The van der Waals surface area contributed by atoms with Gasteiger partial charge >= 0.3 is 0 Å². The zero-order valence-electron chi connectivity index (χ0n) is 9.71. The Morgan fingerprint density at radius 3 is 3.12 bits per heavy atom. The van der Waals surface area contributed by atoms with Crippen LogP contribution in [0, 0.1) is 6.92 Å². The highest BCUT2D eigenvalue weighted by Gasteiger charge is 2.00. The molecule has 0 spiro atoms. The lowest BCUT2D eigenvalue weighted by Gasteiger charge is -2.03. The molecule has 0 saturated heterocycles. The highest BCUT2D eigenvalue weighted by atomic mass is 16.5. The summed E-state index contributed by atoms with van der Waals surface area (Å²) in [5.74, 6) is 0.963. The van der Waals surface area contributed by atoms with Crippen LogP contribution in [0.2, 0.25) is 0 Å². The number of aromatic amines is 1. The summed E-state index contributed by atoms with van der Waals surface area (Å²) in [6, 6.07) is 6.34. The maximum absolute atomic E-state index is 4.93. The molecular formula is C12H17N3O. The van der Waals surface area contributed by atoms with Crippen LogP contribution in [0.15, 0.2) is 18.2 Å². The summed E-state index contributed by atoms with van der Waals surface area (Å²) in [4.78, 5) is 7.62. The van der Waals surface area contributed by atoms with E-state index in [4.69, 9.17) is 4.74 Å². The number of benzene rings is 1. The third kappa shape index (κ3) is 2.59. The normalized spacial score (nSPS) is 11.1. The number of nitrogens with zero attached hydrogens (tertiary/aromatic N) is 1. The number of aryl methyl sites for hydroxylation is 1. The van der Waals surface area contributed by atoms with Gasteiger partial charge in [0.25, 0.3) is 0 Å². The van der Waals surface area contributed by atoms with E-state index in [2.05, 4.69) is 33.5 Å². The first-order valence-electron chi connectivity index (χ1n) is 5.44. The second-order valence-corrected chi connectivity index (χ2v) is 3.86. The van der Waals surface area contributed by atoms with Crippen LogP contribution in [-0.4, -0.2) is 30.4 Å². The molecule has 0 aliphatic rings. The Kier molecular flexibility index (Phi) is 3.54. The molecule has 2 aromatic rings. The number of hydrogen-bond donors (Lipinski definition) is 2. The van der Waals surface area contributed by atoms with Gasteiger partial charge in [0.1, 0.15) is 5.82 Å². The molecule has 86 valence electrons. The Labute approximate surface area is 95.0 Å². The number of nitrogens with one attached hydrogen (secondary N) is 2. The van der Waals surface area contributed by atoms with Gasteiger partial charge < -0.3 is 9.72 Å². The first-order valence-corrected chi connectivity index (χ1v) is 5.44. The highest BCUT2D eigenvalue weighted by Crippen LogP contribution is 2.13. The molecule has 0 unspecified atom stereocenters. The Bertz CT molecular complexity index is 464. The lowest BCUT2D eigenvalue weighted by molar-refractivity contribution is 0.176. The van der Waals surface area contributed by atoms with Gasteiger partial charge in [-0.2, -0.15) is 0 Å². The SMILES string of the molecule is COCNCCc1ccc2nc(C)[nH]c2c1. The fraction of sp³-hybridized carbons (Fsp3) is 0.417. The second-order valence-electron chi connectivity index (χ2n) is 3.86. The van der Waals surface area contributed by atoms with Crippen molar-refractivity contribution in [1.29, 1.82) is 0 Å². The minimum absolute atomic E-state index is 0.603. The molecule has 0 aliphatic heterocycles. The maximum Gasteiger partial charge on any atom is 0.104 e. The van der Waals surface area contributed by atoms with Crippen LogP contribution in [0.3, 0.4) is 0 Å². The van der Waals surface area contributed by atoms with E-state index in [-0.39, 0.29) is 0 Å². The number of H-pyrrole nitrogens is 1. The van der Waals surface area contributed by atoms with E-state index in [0.29, 0.717) is 6.73 Å². The largest absolute Gasteiger partial charge is 0.370 e. The minimum atomic E-state index is 0.603. The van der Waals surface area contributed by atoms with Gasteiger partial charge in [0.15, 0.2) is 0 Å². The van der Waals surface area contributed by atoms with E-state index in [1.165, 1.54) is 5.56 Å². The van der Waals surface area contributed by atoms with Gasteiger partial charge in [-0.25, -0.2) is 4.98 Å². The number of imidazole rings is 1. The number of methoxy groups -OCH3 is 1. The molecule has 4 heteroatoms. The third-order valence-corrected chi connectivity index (χ3v) is 2.50. The molecule has 1 aromatic heterocycles. The van der Waals surface area contributed by atoms with Crippen LogP contribution in [0.1, 0.15) is 11.4 Å². The van der Waals surface area contributed by atoms with Crippen molar-refractivity contribution in [2.45, 2.75) is 13.3 Å². The van der Waals surface area contributed by atoms with Crippen LogP contribution in [0.5, 0.6) is 0 Å². The van der Waals surface area contributed by atoms with Gasteiger partial charge in [-0.3, -0.25) is 5.32 Å². The van der Waals surface area contributed by atoms with Crippen LogP contribution < -0.4 is 5.32 Å². The summed E-state index contributed by atoms with van der Waals surface area (Å²) < 4.78 is 4.93. The standard InChI is InChI=1S/C12H17N3O/c1-9-14-11-4-3-10(7-12(11)15-9)5-6-13-8-16-2/h3-4,7,13H,5-6,8H2,1-2H3,(H,14,15). The molecule has 0 fully saturated rings. The summed E-state index contributed by atoms with van der Waals surface area (Å²) in [5.41, 5.74) is 3.45. The van der Waals surface area contributed by atoms with Crippen LogP contribution in [0.25, 0.3) is 11.0 Å². The number of rotatable bonds is 5. The monoisotopic (exact) mass is 219 g/mol.